The van der Waals surface area contributed by atoms with Gasteiger partial charge in [0.25, 0.3) is 27.6 Å². The fourth-order valence-electron chi connectivity index (χ4n) is 3.92. The van der Waals surface area contributed by atoms with E-state index in [0.29, 0.717) is 18.4 Å². The second kappa shape index (κ2) is 9.06. The van der Waals surface area contributed by atoms with Crippen molar-refractivity contribution in [1.29, 1.82) is 0 Å². The number of carbonyl (C=O) groups is 3. The van der Waals surface area contributed by atoms with Crippen LogP contribution < -0.4 is 5.32 Å². The number of amides is 2. The highest BCUT2D eigenvalue weighted by Crippen LogP contribution is 2.26. The number of fused-ring (bicyclic) bond motifs is 1. The quantitative estimate of drug-likeness (QED) is 0.442. The number of imidazole rings is 1. The lowest BCUT2D eigenvalue weighted by Gasteiger charge is -2.40. The molecule has 0 aliphatic carbocycles. The highest BCUT2D eigenvalue weighted by Gasteiger charge is 2.46. The molecule has 2 atom stereocenters. The summed E-state index contributed by atoms with van der Waals surface area (Å²) >= 11 is 0. The SMILES string of the molecule is CN(C1CCCN2C(=O)C(=O)C(C(=O)NCc3ccc(F)cc3)N=C12)S(=O)(=O)c1cn(C)cn1. The van der Waals surface area contributed by atoms with Gasteiger partial charge in [0.15, 0.2) is 11.1 Å². The van der Waals surface area contributed by atoms with Crippen molar-refractivity contribution < 1.29 is 27.2 Å². The molecular weight excluding hydrogens is 467 g/mol. The molecule has 2 aromatic rings. The highest BCUT2D eigenvalue weighted by atomic mass is 32.2. The molecule has 1 aromatic carbocycles. The van der Waals surface area contributed by atoms with Gasteiger partial charge in [-0.3, -0.25) is 19.3 Å². The Bertz CT molecular complexity index is 1270. The number of aromatic nitrogens is 2. The van der Waals surface area contributed by atoms with Gasteiger partial charge in [-0.05, 0) is 30.5 Å². The zero-order chi connectivity index (χ0) is 24.6. The number of halogens is 1. The van der Waals surface area contributed by atoms with Crippen LogP contribution in [-0.2, 0) is 38.0 Å². The van der Waals surface area contributed by atoms with Crippen molar-refractivity contribution in [2.75, 3.05) is 13.6 Å². The lowest BCUT2D eigenvalue weighted by molar-refractivity contribution is -0.146. The molecule has 1 fully saturated rings. The fraction of sp³-hybridized carbons (Fsp3) is 0.381. The van der Waals surface area contributed by atoms with Crippen molar-refractivity contribution >= 4 is 33.5 Å². The number of aryl methyl sites for hydroxylation is 1. The van der Waals surface area contributed by atoms with E-state index < -0.39 is 45.5 Å². The number of aliphatic imine (C=N–C) groups is 1. The normalized spacial score (nSPS) is 20.8. The summed E-state index contributed by atoms with van der Waals surface area (Å²) in [6, 6.07) is 2.94. The molecule has 180 valence electrons. The van der Waals surface area contributed by atoms with Crippen LogP contribution in [0.4, 0.5) is 4.39 Å². The molecule has 2 unspecified atom stereocenters. The first kappa shape index (κ1) is 23.7. The number of sulfonamides is 1. The Labute approximate surface area is 195 Å². The number of hydrogen-bond donors (Lipinski definition) is 1. The van der Waals surface area contributed by atoms with Crippen LogP contribution in [0.2, 0.25) is 0 Å². The maximum atomic E-state index is 13.1. The smallest absolute Gasteiger partial charge is 0.298 e. The summed E-state index contributed by atoms with van der Waals surface area (Å²) in [4.78, 5) is 47.4. The molecule has 1 aromatic heterocycles. The summed E-state index contributed by atoms with van der Waals surface area (Å²) in [5.41, 5.74) is 0.593. The summed E-state index contributed by atoms with van der Waals surface area (Å²) in [6.45, 7) is 0.199. The summed E-state index contributed by atoms with van der Waals surface area (Å²) in [5, 5.41) is 2.37. The van der Waals surface area contributed by atoms with Crippen molar-refractivity contribution in [1.82, 2.24) is 24.1 Å². The maximum absolute atomic E-state index is 13.1. The number of rotatable bonds is 6. The largest absolute Gasteiger partial charge is 0.350 e. The summed E-state index contributed by atoms with van der Waals surface area (Å²) < 4.78 is 41.8. The van der Waals surface area contributed by atoms with Crippen molar-refractivity contribution in [3.8, 4) is 0 Å². The van der Waals surface area contributed by atoms with Gasteiger partial charge >= 0.3 is 0 Å². The zero-order valence-corrected chi connectivity index (χ0v) is 19.3. The lowest BCUT2D eigenvalue weighted by atomic mass is 9.99. The van der Waals surface area contributed by atoms with E-state index in [-0.39, 0.29) is 24.0 Å². The Morgan fingerprint density at radius 3 is 2.62 bits per heavy atom. The third-order valence-corrected chi connectivity index (χ3v) is 7.54. The number of ketones is 1. The molecule has 3 heterocycles. The van der Waals surface area contributed by atoms with E-state index in [4.69, 9.17) is 0 Å². The standard InChI is InChI=1S/C21H23FN6O5S/c1-26-11-16(24-12-26)34(32,33)27(2)15-4-3-9-28-19(15)25-17(18(29)21(28)31)20(30)23-10-13-5-7-14(22)8-6-13/h5-8,11-12,15,17H,3-4,9-10H2,1-2H3,(H,23,30). The van der Waals surface area contributed by atoms with E-state index in [0.717, 1.165) is 9.21 Å². The molecule has 0 spiro atoms. The van der Waals surface area contributed by atoms with E-state index in [1.807, 2.05) is 0 Å². The van der Waals surface area contributed by atoms with Gasteiger partial charge in [-0.25, -0.2) is 22.8 Å². The molecule has 0 saturated carbocycles. The average Bonchev–Trinajstić information content (AvgIpc) is 3.27. The molecule has 2 amide bonds. The van der Waals surface area contributed by atoms with Gasteiger partial charge in [0.2, 0.25) is 0 Å². The topological polar surface area (TPSA) is 134 Å². The van der Waals surface area contributed by atoms with Crippen LogP contribution in [0.3, 0.4) is 0 Å². The zero-order valence-electron chi connectivity index (χ0n) is 18.5. The molecule has 1 saturated heterocycles. The number of amidine groups is 1. The van der Waals surface area contributed by atoms with Crippen LogP contribution in [-0.4, -0.2) is 76.3 Å². The lowest BCUT2D eigenvalue weighted by Crippen LogP contribution is -2.61. The van der Waals surface area contributed by atoms with E-state index in [1.54, 1.807) is 7.05 Å². The first-order valence-corrected chi connectivity index (χ1v) is 11.9. The first-order valence-electron chi connectivity index (χ1n) is 10.5. The van der Waals surface area contributed by atoms with E-state index in [1.165, 1.54) is 48.4 Å². The number of carbonyl (C=O) groups excluding carboxylic acids is 3. The van der Waals surface area contributed by atoms with Crippen LogP contribution in [0, 0.1) is 5.82 Å². The number of nitrogens with zero attached hydrogens (tertiary/aromatic N) is 5. The predicted molar refractivity (Wildman–Crippen MR) is 117 cm³/mol. The van der Waals surface area contributed by atoms with Crippen LogP contribution in [0.5, 0.6) is 0 Å². The molecule has 13 heteroatoms. The van der Waals surface area contributed by atoms with Gasteiger partial charge in [0.05, 0.1) is 12.4 Å². The van der Waals surface area contributed by atoms with Crippen LogP contribution in [0.15, 0.2) is 46.8 Å². The maximum Gasteiger partial charge on any atom is 0.298 e. The van der Waals surface area contributed by atoms with Crippen molar-refractivity contribution in [2.24, 2.45) is 12.0 Å². The van der Waals surface area contributed by atoms with E-state index >= 15 is 0 Å². The minimum Gasteiger partial charge on any atom is -0.350 e. The summed E-state index contributed by atoms with van der Waals surface area (Å²) in [7, 11) is -1.03. The number of benzene rings is 1. The average molecular weight is 491 g/mol. The molecule has 0 bridgehead atoms. The molecule has 11 nitrogen and oxygen atoms in total. The minimum atomic E-state index is -4.02. The van der Waals surface area contributed by atoms with Gasteiger partial charge in [-0.1, -0.05) is 12.1 Å². The number of likely N-dealkylation sites (N-methyl/N-ethyl adjacent to an activating group) is 1. The monoisotopic (exact) mass is 490 g/mol. The molecule has 4 rings (SSSR count). The number of nitrogens with one attached hydrogen (secondary N) is 1. The Kier molecular flexibility index (Phi) is 6.32. The van der Waals surface area contributed by atoms with Crippen molar-refractivity contribution in [2.45, 2.75) is 36.5 Å². The summed E-state index contributed by atoms with van der Waals surface area (Å²) in [5.74, 6) is -3.06. The molecule has 0 radical (unpaired) electrons. The Balaban J connectivity index is 1.60. The number of Topliss-reactive ketones (excluding diaryl/α,β-unsaturated/α-hetero) is 1. The third kappa shape index (κ3) is 4.35. The van der Waals surface area contributed by atoms with Crippen LogP contribution in [0.1, 0.15) is 18.4 Å². The predicted octanol–water partition coefficient (Wildman–Crippen LogP) is -0.163. The van der Waals surface area contributed by atoms with E-state index in [9.17, 15) is 27.2 Å². The van der Waals surface area contributed by atoms with Gasteiger partial charge in [0, 0.05) is 33.4 Å². The second-order valence-corrected chi connectivity index (χ2v) is 10.1. The molecular formula is C21H23FN6O5S. The van der Waals surface area contributed by atoms with Gasteiger partial charge in [-0.15, -0.1) is 0 Å². The molecule has 34 heavy (non-hydrogen) atoms. The van der Waals surface area contributed by atoms with Gasteiger partial charge < -0.3 is 9.88 Å². The van der Waals surface area contributed by atoms with E-state index in [2.05, 4.69) is 15.3 Å². The fourth-order valence-corrected chi connectivity index (χ4v) is 5.23. The molecule has 2 aliphatic heterocycles. The summed E-state index contributed by atoms with van der Waals surface area (Å²) in [6.07, 6.45) is 3.51. The minimum absolute atomic E-state index is 0.00301. The molecule has 1 N–H and O–H groups in total. The number of hydrogen-bond acceptors (Lipinski definition) is 7. The Morgan fingerprint density at radius 2 is 1.97 bits per heavy atom. The Hall–Kier alpha value is -3.45. The Morgan fingerprint density at radius 1 is 1.26 bits per heavy atom. The second-order valence-electron chi connectivity index (χ2n) is 8.11. The van der Waals surface area contributed by atoms with Crippen molar-refractivity contribution in [3.05, 3.63) is 48.2 Å². The van der Waals surface area contributed by atoms with Crippen LogP contribution >= 0.6 is 0 Å². The number of piperidine rings is 1. The first-order chi connectivity index (χ1) is 16.1. The third-order valence-electron chi connectivity index (χ3n) is 5.79. The molecule has 2 aliphatic rings. The van der Waals surface area contributed by atoms with Gasteiger partial charge in [0.1, 0.15) is 11.7 Å². The van der Waals surface area contributed by atoms with Gasteiger partial charge in [-0.2, -0.15) is 4.31 Å². The highest BCUT2D eigenvalue weighted by molar-refractivity contribution is 7.89. The van der Waals surface area contributed by atoms with Crippen LogP contribution in [0.25, 0.3) is 0 Å². The van der Waals surface area contributed by atoms with Crippen molar-refractivity contribution in [3.63, 3.8) is 0 Å².